The van der Waals surface area contributed by atoms with Crippen molar-refractivity contribution in [1.82, 2.24) is 15.1 Å². The van der Waals surface area contributed by atoms with Crippen LogP contribution in [-0.4, -0.2) is 29.5 Å². The van der Waals surface area contributed by atoms with Gasteiger partial charge in [-0.15, -0.1) is 0 Å². The summed E-state index contributed by atoms with van der Waals surface area (Å²) in [5.74, 6) is 0. The first-order valence-corrected chi connectivity index (χ1v) is 6.98. The van der Waals surface area contributed by atoms with Gasteiger partial charge in [-0.3, -0.25) is 4.68 Å². The molecule has 5 heteroatoms. The molecule has 0 bridgehead atoms. The van der Waals surface area contributed by atoms with Gasteiger partial charge in [0.15, 0.2) is 0 Å². The number of hydrogen-bond donors (Lipinski definition) is 1. The minimum Gasteiger partial charge on any atom is -0.382 e. The molecule has 0 aromatic carbocycles. The maximum absolute atomic E-state index is 5.38. The summed E-state index contributed by atoms with van der Waals surface area (Å²) in [6.07, 6.45) is 3.97. The average molecular weight is 304 g/mol. The van der Waals surface area contributed by atoms with Crippen LogP contribution in [0.15, 0.2) is 10.7 Å². The Morgan fingerprint density at radius 2 is 2.29 bits per heavy atom. The zero-order valence-corrected chi connectivity index (χ0v) is 12.5. The molecule has 1 aromatic rings. The molecular formula is C12H22BrN3O. The lowest BCUT2D eigenvalue weighted by Gasteiger charge is -2.18. The average Bonchev–Trinajstić information content (AvgIpc) is 2.63. The van der Waals surface area contributed by atoms with E-state index in [1.807, 2.05) is 24.9 Å². The summed E-state index contributed by atoms with van der Waals surface area (Å²) in [6.45, 7) is 6.73. The number of hydrogen-bond acceptors (Lipinski definition) is 3. The van der Waals surface area contributed by atoms with Crippen molar-refractivity contribution in [3.05, 3.63) is 16.4 Å². The second-order valence-electron chi connectivity index (χ2n) is 3.95. The van der Waals surface area contributed by atoms with Crippen LogP contribution in [0.25, 0.3) is 0 Å². The molecule has 0 aliphatic carbocycles. The predicted molar refractivity (Wildman–Crippen MR) is 73.1 cm³/mol. The van der Waals surface area contributed by atoms with Gasteiger partial charge in [0.2, 0.25) is 0 Å². The van der Waals surface area contributed by atoms with E-state index in [0.29, 0.717) is 6.04 Å². The smallest absolute Gasteiger partial charge is 0.0692 e. The lowest BCUT2D eigenvalue weighted by Crippen LogP contribution is -2.24. The molecule has 0 radical (unpaired) electrons. The van der Waals surface area contributed by atoms with E-state index in [2.05, 4.69) is 33.3 Å². The first-order valence-electron chi connectivity index (χ1n) is 6.19. The minimum absolute atomic E-state index is 0.335. The zero-order valence-electron chi connectivity index (χ0n) is 10.9. The molecule has 1 atom stereocenters. The van der Waals surface area contributed by atoms with E-state index >= 15 is 0 Å². The molecule has 0 saturated heterocycles. The number of ether oxygens (including phenoxy) is 1. The highest BCUT2D eigenvalue weighted by atomic mass is 79.9. The largest absolute Gasteiger partial charge is 0.382 e. The molecular weight excluding hydrogens is 282 g/mol. The molecule has 0 aliphatic rings. The van der Waals surface area contributed by atoms with Crippen molar-refractivity contribution in [3.63, 3.8) is 0 Å². The molecule has 0 amide bonds. The summed E-state index contributed by atoms with van der Waals surface area (Å²) >= 11 is 3.56. The summed E-state index contributed by atoms with van der Waals surface area (Å²) in [4.78, 5) is 0. The Hall–Kier alpha value is -0.390. The fraction of sp³-hybridized carbons (Fsp3) is 0.750. The molecule has 0 aliphatic heterocycles. The second kappa shape index (κ2) is 7.84. The van der Waals surface area contributed by atoms with E-state index in [4.69, 9.17) is 4.74 Å². The van der Waals surface area contributed by atoms with Gasteiger partial charge in [0.1, 0.15) is 0 Å². The van der Waals surface area contributed by atoms with Gasteiger partial charge in [0, 0.05) is 20.3 Å². The van der Waals surface area contributed by atoms with Gasteiger partial charge in [0.25, 0.3) is 0 Å². The fourth-order valence-electron chi connectivity index (χ4n) is 1.93. The van der Waals surface area contributed by atoms with E-state index < -0.39 is 0 Å². The number of nitrogens with one attached hydrogen (secondary N) is 1. The highest BCUT2D eigenvalue weighted by Crippen LogP contribution is 2.25. The van der Waals surface area contributed by atoms with Gasteiger partial charge in [-0.25, -0.2) is 0 Å². The predicted octanol–water partition coefficient (Wildman–Crippen LogP) is 2.65. The first-order chi connectivity index (χ1) is 8.20. The van der Waals surface area contributed by atoms with Crippen LogP contribution < -0.4 is 5.32 Å². The summed E-state index contributed by atoms with van der Waals surface area (Å²) in [5.41, 5.74) is 1.21. The van der Waals surface area contributed by atoms with Crippen LogP contribution in [0, 0.1) is 0 Å². The fourth-order valence-corrected chi connectivity index (χ4v) is 2.55. The van der Waals surface area contributed by atoms with Crippen molar-refractivity contribution in [2.45, 2.75) is 32.7 Å². The first kappa shape index (κ1) is 14.7. The Morgan fingerprint density at radius 3 is 2.82 bits per heavy atom. The molecule has 1 rings (SSSR count). The van der Waals surface area contributed by atoms with Crippen molar-refractivity contribution in [2.75, 3.05) is 19.8 Å². The number of halogens is 1. The Labute approximate surface area is 112 Å². The Bertz CT molecular complexity index is 308. The van der Waals surface area contributed by atoms with E-state index in [0.717, 1.165) is 37.1 Å². The van der Waals surface area contributed by atoms with Crippen LogP contribution in [0.1, 0.15) is 38.4 Å². The Morgan fingerprint density at radius 1 is 1.53 bits per heavy atom. The molecule has 4 nitrogen and oxygen atoms in total. The van der Waals surface area contributed by atoms with Crippen molar-refractivity contribution in [3.8, 4) is 0 Å². The van der Waals surface area contributed by atoms with Gasteiger partial charge < -0.3 is 10.1 Å². The van der Waals surface area contributed by atoms with Gasteiger partial charge in [-0.1, -0.05) is 6.92 Å². The zero-order chi connectivity index (χ0) is 12.7. The van der Waals surface area contributed by atoms with Crippen LogP contribution >= 0.6 is 15.9 Å². The third kappa shape index (κ3) is 4.41. The molecule has 1 unspecified atom stereocenters. The number of aromatic nitrogens is 2. The summed E-state index contributed by atoms with van der Waals surface area (Å²) in [5, 5.41) is 7.76. The Balaban J connectivity index is 2.59. The van der Waals surface area contributed by atoms with E-state index in [9.17, 15) is 0 Å². The van der Waals surface area contributed by atoms with Crippen LogP contribution in [0.2, 0.25) is 0 Å². The molecule has 0 spiro atoms. The van der Waals surface area contributed by atoms with Crippen molar-refractivity contribution >= 4 is 15.9 Å². The quantitative estimate of drug-likeness (QED) is 0.751. The molecule has 1 heterocycles. The summed E-state index contributed by atoms with van der Waals surface area (Å²) in [7, 11) is 1.98. The van der Waals surface area contributed by atoms with Gasteiger partial charge in [0.05, 0.1) is 22.4 Å². The van der Waals surface area contributed by atoms with Gasteiger partial charge in [-0.05, 0) is 42.2 Å². The van der Waals surface area contributed by atoms with Crippen molar-refractivity contribution in [2.24, 2.45) is 7.05 Å². The maximum atomic E-state index is 5.38. The SMILES string of the molecule is CCNC(CCCOCC)c1c(Br)cnn1C. The molecule has 0 fully saturated rings. The molecule has 0 saturated carbocycles. The molecule has 17 heavy (non-hydrogen) atoms. The topological polar surface area (TPSA) is 39.1 Å². The lowest BCUT2D eigenvalue weighted by atomic mass is 10.1. The van der Waals surface area contributed by atoms with Crippen LogP contribution in [-0.2, 0) is 11.8 Å². The molecule has 1 aromatic heterocycles. The second-order valence-corrected chi connectivity index (χ2v) is 4.81. The van der Waals surface area contributed by atoms with Gasteiger partial charge in [-0.2, -0.15) is 5.10 Å². The highest BCUT2D eigenvalue weighted by molar-refractivity contribution is 9.10. The molecule has 1 N–H and O–H groups in total. The minimum atomic E-state index is 0.335. The van der Waals surface area contributed by atoms with Crippen LogP contribution in [0.4, 0.5) is 0 Å². The normalized spacial score (nSPS) is 12.9. The van der Waals surface area contributed by atoms with Gasteiger partial charge >= 0.3 is 0 Å². The maximum Gasteiger partial charge on any atom is 0.0692 e. The van der Waals surface area contributed by atoms with E-state index in [1.54, 1.807) is 0 Å². The van der Waals surface area contributed by atoms with E-state index in [1.165, 1.54) is 5.69 Å². The standard InChI is InChI=1S/C12H22BrN3O/c1-4-14-11(7-6-8-17-5-2)12-10(13)9-15-16(12)3/h9,11,14H,4-8H2,1-3H3. The Kier molecular flexibility index (Phi) is 6.77. The summed E-state index contributed by atoms with van der Waals surface area (Å²) < 4.78 is 8.38. The monoisotopic (exact) mass is 303 g/mol. The highest BCUT2D eigenvalue weighted by Gasteiger charge is 2.17. The molecule has 98 valence electrons. The van der Waals surface area contributed by atoms with Crippen LogP contribution in [0.3, 0.4) is 0 Å². The number of aryl methyl sites for hydroxylation is 1. The number of rotatable bonds is 8. The van der Waals surface area contributed by atoms with Crippen molar-refractivity contribution in [1.29, 1.82) is 0 Å². The van der Waals surface area contributed by atoms with E-state index in [-0.39, 0.29) is 0 Å². The number of nitrogens with zero attached hydrogens (tertiary/aromatic N) is 2. The lowest BCUT2D eigenvalue weighted by molar-refractivity contribution is 0.140. The third-order valence-corrected chi connectivity index (χ3v) is 3.31. The van der Waals surface area contributed by atoms with Crippen LogP contribution in [0.5, 0.6) is 0 Å². The summed E-state index contributed by atoms with van der Waals surface area (Å²) in [6, 6.07) is 0.335. The third-order valence-electron chi connectivity index (χ3n) is 2.70. The van der Waals surface area contributed by atoms with Crippen molar-refractivity contribution < 1.29 is 4.74 Å².